The fourth-order valence-corrected chi connectivity index (χ4v) is 7.74. The van der Waals surface area contributed by atoms with Crippen molar-refractivity contribution in [3.05, 3.63) is 75.8 Å². The Morgan fingerprint density at radius 3 is 1.51 bits per heavy atom. The van der Waals surface area contributed by atoms with Crippen LogP contribution in [0.5, 0.6) is 0 Å². The van der Waals surface area contributed by atoms with E-state index >= 15 is 0 Å². The van der Waals surface area contributed by atoms with E-state index in [9.17, 15) is 5.53 Å². The molecule has 290 valence electrons. The summed E-state index contributed by atoms with van der Waals surface area (Å²) in [6, 6.07) is 13.8. The molecular formula is C46H76N4Ni. The molecule has 0 N–H and O–H groups in total. The van der Waals surface area contributed by atoms with Crippen LogP contribution in [0.2, 0.25) is 10.8 Å². The summed E-state index contributed by atoms with van der Waals surface area (Å²) < 4.78 is 1.51. The van der Waals surface area contributed by atoms with Crippen molar-refractivity contribution in [3.63, 3.8) is 0 Å². The van der Waals surface area contributed by atoms with Crippen molar-refractivity contribution in [2.75, 3.05) is 37.0 Å². The summed E-state index contributed by atoms with van der Waals surface area (Å²) in [5.74, 6) is 0. The summed E-state index contributed by atoms with van der Waals surface area (Å²) in [5.41, 5.74) is 22.5. The molecule has 0 saturated carbocycles. The number of allylic oxidation sites excluding steroid dienone is 2. The molecule has 1 aliphatic heterocycles. The Kier molecular flexibility index (Phi) is 23.2. The van der Waals surface area contributed by atoms with Crippen LogP contribution >= 0.6 is 0 Å². The van der Waals surface area contributed by atoms with Crippen LogP contribution in [0, 0.1) is 0 Å². The van der Waals surface area contributed by atoms with Gasteiger partial charge >= 0.3 is 64.8 Å². The average molecular weight is 744 g/mol. The van der Waals surface area contributed by atoms with Gasteiger partial charge in [0.15, 0.2) is 0 Å². The van der Waals surface area contributed by atoms with E-state index in [1.807, 2.05) is 14.4 Å². The molecule has 0 bridgehead atoms. The third-order valence-electron chi connectivity index (χ3n) is 10.0. The van der Waals surface area contributed by atoms with Gasteiger partial charge < -0.3 is 15.3 Å². The Morgan fingerprint density at radius 2 is 1.00 bits per heavy atom. The van der Waals surface area contributed by atoms with Crippen LogP contribution in [0.4, 0.5) is 11.4 Å². The summed E-state index contributed by atoms with van der Waals surface area (Å²) in [5, 5.41) is 2.78. The van der Waals surface area contributed by atoms with E-state index in [-0.39, 0.29) is 0 Å². The van der Waals surface area contributed by atoms with Crippen LogP contribution in [-0.4, -0.2) is 31.9 Å². The Hall–Kier alpha value is -2.39. The molecule has 0 radical (unpaired) electrons. The standard InChI is InChI=1S/C38H58N4.2C4H9.Ni/c1-8-13-16-17-18-19-22-32-29-37(33-23-30(20-14-9-2)25-35(27-33)40(6)11-4)42(39)38(32)34-24-31(21-15-10-3)26-36(28-34)41(7)12-5;2*1-3-4-2;/h23-29H,8-22H2,1-7H3;2*1,3-4H2,2H3;. The van der Waals surface area contributed by atoms with Crippen molar-refractivity contribution in [2.24, 2.45) is 0 Å². The number of unbranched alkanes of at least 4 members (excludes halogenated alkanes) is 9. The second kappa shape index (κ2) is 26.4. The van der Waals surface area contributed by atoms with E-state index < -0.39 is 0 Å². The molecule has 2 aromatic rings. The summed E-state index contributed by atoms with van der Waals surface area (Å²) >= 11 is 1.94. The molecular weight excluding hydrogens is 667 g/mol. The summed E-state index contributed by atoms with van der Waals surface area (Å²) in [6.07, 6.45) is 23.2. The first-order chi connectivity index (χ1) is 24.8. The zero-order chi connectivity index (χ0) is 37.4. The molecule has 5 heteroatoms. The summed E-state index contributed by atoms with van der Waals surface area (Å²) in [6.45, 7) is 17.6. The third-order valence-corrected chi connectivity index (χ3v) is 11.4. The minimum absolute atomic E-state index is 0.902. The first kappa shape index (κ1) is 44.8. The van der Waals surface area contributed by atoms with Crippen molar-refractivity contribution in [1.29, 1.82) is 0 Å². The topological polar surface area (TPSA) is 31.8 Å². The third kappa shape index (κ3) is 15.6. The van der Waals surface area contributed by atoms with Gasteiger partial charge in [0, 0.05) is 61.3 Å². The molecule has 0 fully saturated rings. The molecule has 2 aromatic carbocycles. The fraction of sp³-hybridized carbons (Fsp3) is 0.652. The molecule has 0 atom stereocenters. The van der Waals surface area contributed by atoms with Crippen LogP contribution in [0.1, 0.15) is 167 Å². The number of rotatable bonds is 25. The Bertz CT molecular complexity index is 1340. The minimum atomic E-state index is 0.902. The van der Waals surface area contributed by atoms with Crippen LogP contribution in [0.3, 0.4) is 0 Å². The van der Waals surface area contributed by atoms with Crippen molar-refractivity contribution in [3.8, 4) is 0 Å². The molecule has 1 heterocycles. The van der Waals surface area contributed by atoms with Gasteiger partial charge in [-0.2, -0.15) is 0 Å². The number of nitrogens with zero attached hydrogens (tertiary/aromatic N) is 4. The number of anilines is 2. The first-order valence-corrected chi connectivity index (χ1v) is 22.3. The van der Waals surface area contributed by atoms with Gasteiger partial charge in [-0.15, -0.1) is 0 Å². The number of aryl methyl sites for hydroxylation is 2. The van der Waals surface area contributed by atoms with Gasteiger partial charge in [-0.05, 0) is 99.9 Å². The average Bonchev–Trinajstić information content (AvgIpc) is 3.49. The van der Waals surface area contributed by atoms with Gasteiger partial charge in [0.1, 0.15) is 0 Å². The van der Waals surface area contributed by atoms with Crippen LogP contribution in [0.25, 0.3) is 16.9 Å². The Morgan fingerprint density at radius 1 is 0.529 bits per heavy atom. The van der Waals surface area contributed by atoms with Crippen molar-refractivity contribution in [2.45, 2.75) is 168 Å². The van der Waals surface area contributed by atoms with Gasteiger partial charge in [0.05, 0.1) is 0 Å². The van der Waals surface area contributed by atoms with Gasteiger partial charge in [-0.3, -0.25) is 0 Å². The summed E-state index contributed by atoms with van der Waals surface area (Å²) in [7, 11) is 4.32. The maximum absolute atomic E-state index is 12.0. The van der Waals surface area contributed by atoms with Crippen LogP contribution < -0.4 is 9.80 Å². The molecule has 0 amide bonds. The predicted molar refractivity (Wildman–Crippen MR) is 224 cm³/mol. The van der Waals surface area contributed by atoms with E-state index in [2.05, 4.69) is 115 Å². The van der Waals surface area contributed by atoms with E-state index in [0.29, 0.717) is 0 Å². The second-order valence-corrected chi connectivity index (χ2v) is 15.9. The van der Waals surface area contributed by atoms with Gasteiger partial charge in [-0.1, -0.05) is 65.7 Å². The number of hydrogen-bond acceptors (Lipinski definition) is 2. The zero-order valence-corrected chi connectivity index (χ0v) is 35.5. The monoisotopic (exact) mass is 743 g/mol. The molecule has 4 nitrogen and oxygen atoms in total. The van der Waals surface area contributed by atoms with Crippen molar-refractivity contribution < 1.29 is 19.1 Å². The van der Waals surface area contributed by atoms with E-state index in [0.717, 1.165) is 61.3 Å². The first-order valence-electron chi connectivity index (χ1n) is 20.9. The SMILES string of the molecule is CCCCCCCCC1=C(c2cc(CCCC)cc(N(C)CC)c2)[N+](=[N-])C(c2cc(CCCC)cc(N(C)CC)c2)=C1.CCC[CH2][Ni][CH2]CCC. The Balaban J connectivity index is 0.000000880. The second-order valence-electron chi connectivity index (χ2n) is 14.4. The zero-order valence-electron chi connectivity index (χ0n) is 34.5. The molecule has 51 heavy (non-hydrogen) atoms. The van der Waals surface area contributed by atoms with Crippen LogP contribution in [0.15, 0.2) is 48.0 Å². The quantitative estimate of drug-likeness (QED) is 0.0576. The van der Waals surface area contributed by atoms with E-state index in [1.54, 1.807) is 0 Å². The van der Waals surface area contributed by atoms with Gasteiger partial charge in [-0.25, -0.2) is 4.70 Å². The molecule has 3 rings (SSSR count). The van der Waals surface area contributed by atoms with Crippen molar-refractivity contribution in [1.82, 2.24) is 0 Å². The number of hydrogen-bond donors (Lipinski definition) is 0. The molecule has 0 saturated heterocycles. The van der Waals surface area contributed by atoms with Crippen LogP contribution in [-0.2, 0) is 27.3 Å². The predicted octanol–water partition coefficient (Wildman–Crippen LogP) is 14.3. The molecule has 0 aromatic heterocycles. The molecule has 0 spiro atoms. The molecule has 1 aliphatic rings. The Labute approximate surface area is 321 Å². The normalized spacial score (nSPS) is 12.7. The number of benzene rings is 2. The van der Waals surface area contributed by atoms with E-state index in [4.69, 9.17) is 0 Å². The van der Waals surface area contributed by atoms with E-state index in [1.165, 1.54) is 127 Å². The van der Waals surface area contributed by atoms with Gasteiger partial charge in [0.25, 0.3) is 0 Å². The van der Waals surface area contributed by atoms with Crippen molar-refractivity contribution >= 4 is 22.8 Å². The maximum atomic E-state index is 12.0. The molecule has 0 aliphatic carbocycles. The molecule has 0 unspecified atom stereocenters. The summed E-state index contributed by atoms with van der Waals surface area (Å²) in [4.78, 5) is 4.60. The fourth-order valence-electron chi connectivity index (χ4n) is 6.30. The van der Waals surface area contributed by atoms with Gasteiger partial charge in [0.2, 0.25) is 11.4 Å².